The van der Waals surface area contributed by atoms with Crippen molar-refractivity contribution in [1.29, 1.82) is 0 Å². The molecule has 2 nitrogen and oxygen atoms in total. The lowest BCUT2D eigenvalue weighted by atomic mass is 10.1. The summed E-state index contributed by atoms with van der Waals surface area (Å²) >= 11 is 0. The van der Waals surface area contributed by atoms with Gasteiger partial charge < -0.3 is 4.74 Å². The number of hydrogen-bond acceptors (Lipinski definition) is 2. The molecule has 110 valence electrons. The molecular weight excluding hydrogens is 281 g/mol. The molecular formula is C16H13F3O2. The lowest BCUT2D eigenvalue weighted by Gasteiger charge is -2.10. The van der Waals surface area contributed by atoms with Gasteiger partial charge in [0.2, 0.25) is 0 Å². The van der Waals surface area contributed by atoms with Crippen LogP contribution in [-0.4, -0.2) is 12.4 Å². The zero-order chi connectivity index (χ0) is 15.5. The van der Waals surface area contributed by atoms with Crippen LogP contribution < -0.4 is 4.74 Å². The predicted molar refractivity (Wildman–Crippen MR) is 72.4 cm³/mol. The minimum absolute atomic E-state index is 0.0188. The van der Waals surface area contributed by atoms with E-state index in [1.807, 2.05) is 6.92 Å². The van der Waals surface area contributed by atoms with Crippen molar-refractivity contribution >= 4 is 5.78 Å². The molecule has 0 heterocycles. The van der Waals surface area contributed by atoms with E-state index >= 15 is 0 Å². The summed E-state index contributed by atoms with van der Waals surface area (Å²) in [6, 6.07) is 11.4. The molecule has 0 aliphatic rings. The molecule has 0 radical (unpaired) electrons. The molecule has 0 amide bonds. The first-order chi connectivity index (χ1) is 9.86. The fourth-order valence-electron chi connectivity index (χ4n) is 1.73. The molecule has 0 N–H and O–H groups in total. The van der Waals surface area contributed by atoms with Crippen LogP contribution in [0, 0.1) is 6.92 Å². The van der Waals surface area contributed by atoms with E-state index in [0.717, 1.165) is 17.7 Å². The zero-order valence-corrected chi connectivity index (χ0v) is 11.3. The fraction of sp³-hybridized carbons (Fsp3) is 0.188. The third-order valence-electron chi connectivity index (χ3n) is 2.90. The topological polar surface area (TPSA) is 26.3 Å². The van der Waals surface area contributed by atoms with Crippen molar-refractivity contribution in [2.45, 2.75) is 13.1 Å². The average molecular weight is 294 g/mol. The Bertz CT molecular complexity index is 631. The third-order valence-corrected chi connectivity index (χ3v) is 2.90. The number of alkyl halides is 3. The zero-order valence-electron chi connectivity index (χ0n) is 11.3. The second-order valence-corrected chi connectivity index (χ2v) is 4.60. The van der Waals surface area contributed by atoms with Crippen LogP contribution in [0.4, 0.5) is 13.2 Å². The molecule has 0 aromatic heterocycles. The molecule has 0 unspecified atom stereocenters. The normalized spacial score (nSPS) is 11.2. The fourth-order valence-corrected chi connectivity index (χ4v) is 1.73. The van der Waals surface area contributed by atoms with E-state index in [1.165, 1.54) is 12.1 Å². The molecule has 0 saturated heterocycles. The van der Waals surface area contributed by atoms with Gasteiger partial charge in [-0.3, -0.25) is 4.79 Å². The van der Waals surface area contributed by atoms with Crippen LogP contribution in [-0.2, 0) is 6.18 Å². The minimum Gasteiger partial charge on any atom is -0.485 e. The van der Waals surface area contributed by atoms with Gasteiger partial charge in [-0.2, -0.15) is 13.2 Å². The number of ketones is 1. The van der Waals surface area contributed by atoms with Crippen LogP contribution in [0.1, 0.15) is 21.5 Å². The first-order valence-electron chi connectivity index (χ1n) is 6.26. The van der Waals surface area contributed by atoms with E-state index in [0.29, 0.717) is 5.56 Å². The summed E-state index contributed by atoms with van der Waals surface area (Å²) in [6.45, 7) is 1.60. The van der Waals surface area contributed by atoms with Crippen molar-refractivity contribution < 1.29 is 22.7 Å². The Kier molecular flexibility index (Phi) is 4.31. The Morgan fingerprint density at radius 3 is 2.38 bits per heavy atom. The highest BCUT2D eigenvalue weighted by atomic mass is 19.4. The van der Waals surface area contributed by atoms with Gasteiger partial charge in [-0.25, -0.2) is 0 Å². The van der Waals surface area contributed by atoms with E-state index in [1.54, 1.807) is 24.3 Å². The molecule has 21 heavy (non-hydrogen) atoms. The standard InChI is InChI=1S/C16H13F3O2/c1-11-5-7-12(8-6-11)15(20)10-21-14-4-2-3-13(9-14)16(17,18)19/h2-9H,10H2,1H3. The number of ether oxygens (including phenoxy) is 1. The lowest BCUT2D eigenvalue weighted by Crippen LogP contribution is -2.12. The van der Waals surface area contributed by atoms with Crippen molar-refractivity contribution in [3.63, 3.8) is 0 Å². The van der Waals surface area contributed by atoms with Crippen molar-refractivity contribution in [3.05, 3.63) is 65.2 Å². The summed E-state index contributed by atoms with van der Waals surface area (Å²) < 4.78 is 42.8. The van der Waals surface area contributed by atoms with Gasteiger partial charge in [0.15, 0.2) is 12.4 Å². The van der Waals surface area contributed by atoms with Crippen LogP contribution in [0.15, 0.2) is 48.5 Å². The molecule has 0 fully saturated rings. The number of Topliss-reactive ketones (excluding diaryl/α,β-unsaturated/α-hetero) is 1. The maximum absolute atomic E-state index is 12.5. The molecule has 0 spiro atoms. The quantitative estimate of drug-likeness (QED) is 0.787. The Morgan fingerprint density at radius 1 is 1.10 bits per heavy atom. The summed E-state index contributed by atoms with van der Waals surface area (Å²) in [7, 11) is 0. The van der Waals surface area contributed by atoms with Gasteiger partial charge >= 0.3 is 6.18 Å². The van der Waals surface area contributed by atoms with Crippen LogP contribution in [0.3, 0.4) is 0 Å². The second-order valence-electron chi connectivity index (χ2n) is 4.60. The molecule has 2 aromatic carbocycles. The second kappa shape index (κ2) is 5.99. The van der Waals surface area contributed by atoms with E-state index in [-0.39, 0.29) is 18.1 Å². The number of aryl methyl sites for hydroxylation is 1. The first kappa shape index (κ1) is 15.1. The summed E-state index contributed by atoms with van der Waals surface area (Å²) in [5, 5.41) is 0. The molecule has 0 bridgehead atoms. The van der Waals surface area contributed by atoms with E-state index in [9.17, 15) is 18.0 Å². The van der Waals surface area contributed by atoms with Gasteiger partial charge in [0.05, 0.1) is 5.56 Å². The first-order valence-corrected chi connectivity index (χ1v) is 6.26. The third kappa shape index (κ3) is 4.08. The lowest BCUT2D eigenvalue weighted by molar-refractivity contribution is -0.137. The van der Waals surface area contributed by atoms with E-state index in [2.05, 4.69) is 0 Å². The SMILES string of the molecule is Cc1ccc(C(=O)COc2cccc(C(F)(F)F)c2)cc1. The highest BCUT2D eigenvalue weighted by Gasteiger charge is 2.30. The van der Waals surface area contributed by atoms with Crippen LogP contribution >= 0.6 is 0 Å². The molecule has 0 saturated carbocycles. The molecule has 0 aliphatic heterocycles. The highest BCUT2D eigenvalue weighted by Crippen LogP contribution is 2.31. The smallest absolute Gasteiger partial charge is 0.416 e. The van der Waals surface area contributed by atoms with Crippen LogP contribution in [0.5, 0.6) is 5.75 Å². The van der Waals surface area contributed by atoms with Crippen molar-refractivity contribution in [2.75, 3.05) is 6.61 Å². The maximum atomic E-state index is 12.5. The Hall–Kier alpha value is -2.30. The van der Waals surface area contributed by atoms with Gasteiger partial charge in [-0.05, 0) is 25.1 Å². The van der Waals surface area contributed by atoms with Crippen LogP contribution in [0.25, 0.3) is 0 Å². The minimum atomic E-state index is -4.43. The highest BCUT2D eigenvalue weighted by molar-refractivity contribution is 5.97. The molecule has 0 aliphatic carbocycles. The number of halogens is 3. The molecule has 5 heteroatoms. The van der Waals surface area contributed by atoms with Crippen molar-refractivity contribution in [3.8, 4) is 5.75 Å². The number of carbonyl (C=O) groups excluding carboxylic acids is 1. The molecule has 2 aromatic rings. The number of carbonyl (C=O) groups is 1. The average Bonchev–Trinajstić information content (AvgIpc) is 2.45. The maximum Gasteiger partial charge on any atom is 0.416 e. The number of hydrogen-bond donors (Lipinski definition) is 0. The summed E-state index contributed by atoms with van der Waals surface area (Å²) in [6.07, 6.45) is -4.43. The predicted octanol–water partition coefficient (Wildman–Crippen LogP) is 4.28. The molecule has 2 rings (SSSR count). The van der Waals surface area contributed by atoms with Crippen molar-refractivity contribution in [1.82, 2.24) is 0 Å². The van der Waals surface area contributed by atoms with Crippen molar-refractivity contribution in [2.24, 2.45) is 0 Å². The van der Waals surface area contributed by atoms with E-state index in [4.69, 9.17) is 4.74 Å². The van der Waals surface area contributed by atoms with Gasteiger partial charge in [0, 0.05) is 5.56 Å². The van der Waals surface area contributed by atoms with Gasteiger partial charge in [-0.1, -0.05) is 35.9 Å². The van der Waals surface area contributed by atoms with Gasteiger partial charge in [-0.15, -0.1) is 0 Å². The largest absolute Gasteiger partial charge is 0.485 e. The summed E-state index contributed by atoms with van der Waals surface area (Å²) in [5.74, 6) is -0.266. The Labute approximate surface area is 120 Å². The van der Waals surface area contributed by atoms with Gasteiger partial charge in [0.1, 0.15) is 5.75 Å². The Morgan fingerprint density at radius 2 is 1.76 bits per heavy atom. The van der Waals surface area contributed by atoms with E-state index < -0.39 is 11.7 Å². The number of rotatable bonds is 4. The van der Waals surface area contributed by atoms with Crippen LogP contribution in [0.2, 0.25) is 0 Å². The molecule has 0 atom stereocenters. The van der Waals surface area contributed by atoms with Gasteiger partial charge in [0.25, 0.3) is 0 Å². The summed E-state index contributed by atoms with van der Waals surface area (Å²) in [4.78, 5) is 11.9. The monoisotopic (exact) mass is 294 g/mol. The number of benzene rings is 2. The summed E-state index contributed by atoms with van der Waals surface area (Å²) in [5.41, 5.74) is 0.681. The Balaban J connectivity index is 2.03.